The molecule has 0 saturated carbocycles. The summed E-state index contributed by atoms with van der Waals surface area (Å²) < 4.78 is 0. The second-order valence-corrected chi connectivity index (χ2v) is 4.91. The number of hydrogen-bond donors (Lipinski definition) is 1. The number of aromatic nitrogens is 2. The zero-order valence-corrected chi connectivity index (χ0v) is 10.7. The lowest BCUT2D eigenvalue weighted by Gasteiger charge is -2.03. The van der Waals surface area contributed by atoms with Gasteiger partial charge < -0.3 is 5.73 Å². The van der Waals surface area contributed by atoms with Crippen LogP contribution in [0.2, 0.25) is 5.02 Å². The summed E-state index contributed by atoms with van der Waals surface area (Å²) in [5.74, 6) is 2.12. The molecule has 0 aliphatic carbocycles. The Morgan fingerprint density at radius 1 is 1.12 bits per heavy atom. The average molecular weight is 266 g/mol. The van der Waals surface area contributed by atoms with Gasteiger partial charge >= 0.3 is 0 Å². The molecule has 0 amide bonds. The van der Waals surface area contributed by atoms with Crippen molar-refractivity contribution in [1.29, 1.82) is 0 Å². The Morgan fingerprint density at radius 2 is 1.94 bits per heavy atom. The maximum Gasteiger partial charge on any atom is 0.141 e. The Balaban J connectivity index is 1.88. The second-order valence-electron chi connectivity index (χ2n) is 3.52. The van der Waals surface area contributed by atoms with Crippen molar-refractivity contribution in [3.63, 3.8) is 0 Å². The third-order valence-corrected chi connectivity index (χ3v) is 3.57. The second kappa shape index (κ2) is 5.89. The molecule has 0 bridgehead atoms. The third-order valence-electron chi connectivity index (χ3n) is 2.19. The number of halogens is 1. The summed E-state index contributed by atoms with van der Waals surface area (Å²) in [6.45, 7) is 0. The molecule has 0 unspecified atom stereocenters. The van der Waals surface area contributed by atoms with Crippen LogP contribution in [0.1, 0.15) is 11.3 Å². The van der Waals surface area contributed by atoms with Crippen LogP contribution in [0.4, 0.5) is 5.82 Å². The Bertz CT molecular complexity index is 487. The van der Waals surface area contributed by atoms with E-state index in [1.807, 2.05) is 24.3 Å². The van der Waals surface area contributed by atoms with Crippen LogP contribution >= 0.6 is 23.4 Å². The number of anilines is 1. The molecule has 1 heterocycles. The van der Waals surface area contributed by atoms with Crippen LogP contribution in [0.15, 0.2) is 36.7 Å². The number of rotatable bonds is 4. The van der Waals surface area contributed by atoms with Gasteiger partial charge in [-0.1, -0.05) is 29.8 Å². The van der Waals surface area contributed by atoms with Crippen molar-refractivity contribution in [2.45, 2.75) is 11.5 Å². The number of thioether (sulfide) groups is 1. The number of benzene rings is 1. The van der Waals surface area contributed by atoms with Crippen LogP contribution in [0, 0.1) is 0 Å². The summed E-state index contributed by atoms with van der Waals surface area (Å²) in [6, 6.07) is 7.86. The van der Waals surface area contributed by atoms with E-state index >= 15 is 0 Å². The largest absolute Gasteiger partial charge is 0.382 e. The van der Waals surface area contributed by atoms with E-state index in [0.717, 1.165) is 27.8 Å². The van der Waals surface area contributed by atoms with Gasteiger partial charge in [0.05, 0.1) is 18.1 Å². The Morgan fingerprint density at radius 3 is 2.65 bits per heavy atom. The quantitative estimate of drug-likeness (QED) is 0.923. The summed E-state index contributed by atoms with van der Waals surface area (Å²) in [6.07, 6.45) is 3.28. The summed E-state index contributed by atoms with van der Waals surface area (Å²) >= 11 is 7.82. The highest BCUT2D eigenvalue weighted by molar-refractivity contribution is 7.97. The van der Waals surface area contributed by atoms with E-state index in [0.29, 0.717) is 5.82 Å². The SMILES string of the molecule is Nc1cnc(CSCc2ccccc2Cl)cn1. The highest BCUT2D eigenvalue weighted by Gasteiger charge is 2.00. The summed E-state index contributed by atoms with van der Waals surface area (Å²) in [7, 11) is 0. The van der Waals surface area contributed by atoms with Crippen molar-refractivity contribution in [2.75, 3.05) is 5.73 Å². The molecule has 3 nitrogen and oxygen atoms in total. The summed E-state index contributed by atoms with van der Waals surface area (Å²) in [5, 5.41) is 0.809. The van der Waals surface area contributed by atoms with E-state index in [1.165, 1.54) is 0 Å². The molecule has 2 aromatic rings. The molecule has 88 valence electrons. The highest BCUT2D eigenvalue weighted by Crippen LogP contribution is 2.22. The minimum atomic E-state index is 0.449. The third kappa shape index (κ3) is 3.61. The van der Waals surface area contributed by atoms with Crippen molar-refractivity contribution in [1.82, 2.24) is 9.97 Å². The molecule has 0 radical (unpaired) electrons. The fraction of sp³-hybridized carbons (Fsp3) is 0.167. The van der Waals surface area contributed by atoms with E-state index in [2.05, 4.69) is 9.97 Å². The lowest BCUT2D eigenvalue weighted by Crippen LogP contribution is -1.94. The zero-order chi connectivity index (χ0) is 12.1. The Labute approximate surface area is 109 Å². The number of nitrogen functional groups attached to an aromatic ring is 1. The normalized spacial score (nSPS) is 10.4. The minimum absolute atomic E-state index is 0.449. The first-order valence-corrected chi connectivity index (χ1v) is 6.66. The number of hydrogen-bond acceptors (Lipinski definition) is 4. The molecule has 0 saturated heterocycles. The first-order valence-electron chi connectivity index (χ1n) is 5.13. The fourth-order valence-electron chi connectivity index (χ4n) is 1.32. The summed E-state index contributed by atoms with van der Waals surface area (Å²) in [5.41, 5.74) is 7.54. The van der Waals surface area contributed by atoms with Crippen LogP contribution in [0.5, 0.6) is 0 Å². The molecule has 1 aromatic heterocycles. The fourth-order valence-corrected chi connectivity index (χ4v) is 2.53. The minimum Gasteiger partial charge on any atom is -0.382 e. The van der Waals surface area contributed by atoms with Gasteiger partial charge in [-0.3, -0.25) is 4.98 Å². The van der Waals surface area contributed by atoms with Gasteiger partial charge in [0.15, 0.2) is 0 Å². The van der Waals surface area contributed by atoms with Crippen LogP contribution in [0.3, 0.4) is 0 Å². The predicted molar refractivity (Wildman–Crippen MR) is 72.9 cm³/mol. The first kappa shape index (κ1) is 12.2. The van der Waals surface area contributed by atoms with Gasteiger partial charge in [-0.15, -0.1) is 0 Å². The van der Waals surface area contributed by atoms with Crippen molar-refractivity contribution in [2.24, 2.45) is 0 Å². The van der Waals surface area contributed by atoms with Gasteiger partial charge in [0.1, 0.15) is 5.82 Å². The van der Waals surface area contributed by atoms with E-state index in [1.54, 1.807) is 24.2 Å². The van der Waals surface area contributed by atoms with Gasteiger partial charge in [-0.25, -0.2) is 4.98 Å². The number of nitrogens with two attached hydrogens (primary N) is 1. The van der Waals surface area contributed by atoms with Gasteiger partial charge in [-0.05, 0) is 11.6 Å². The Hall–Kier alpha value is -1.26. The average Bonchev–Trinajstić information content (AvgIpc) is 2.34. The lowest BCUT2D eigenvalue weighted by molar-refractivity contribution is 1.11. The van der Waals surface area contributed by atoms with Crippen LogP contribution < -0.4 is 5.73 Å². The molecule has 5 heteroatoms. The van der Waals surface area contributed by atoms with E-state index in [4.69, 9.17) is 17.3 Å². The molecule has 17 heavy (non-hydrogen) atoms. The van der Waals surface area contributed by atoms with Crippen LogP contribution in [0.25, 0.3) is 0 Å². The molecular formula is C12H12ClN3S. The standard InChI is InChI=1S/C12H12ClN3S/c13-11-4-2-1-3-9(11)7-17-8-10-5-16-12(14)6-15-10/h1-6H,7-8H2,(H2,14,16). The first-order chi connectivity index (χ1) is 8.25. The molecule has 2 rings (SSSR count). The monoisotopic (exact) mass is 265 g/mol. The molecule has 2 N–H and O–H groups in total. The molecule has 0 atom stereocenters. The molecule has 0 spiro atoms. The maximum atomic E-state index is 6.07. The smallest absolute Gasteiger partial charge is 0.141 e. The summed E-state index contributed by atoms with van der Waals surface area (Å²) in [4.78, 5) is 8.19. The van der Waals surface area contributed by atoms with Gasteiger partial charge in [0.25, 0.3) is 0 Å². The molecule has 1 aromatic carbocycles. The number of nitrogens with zero attached hydrogens (tertiary/aromatic N) is 2. The predicted octanol–water partition coefficient (Wildman–Crippen LogP) is 3.15. The molecular weight excluding hydrogens is 254 g/mol. The van der Waals surface area contributed by atoms with Crippen molar-refractivity contribution >= 4 is 29.2 Å². The van der Waals surface area contributed by atoms with Gasteiger partial charge in [-0.2, -0.15) is 11.8 Å². The molecule has 0 aliphatic heterocycles. The molecule has 0 aliphatic rings. The highest BCUT2D eigenvalue weighted by atomic mass is 35.5. The molecule has 0 fully saturated rings. The topological polar surface area (TPSA) is 51.8 Å². The van der Waals surface area contributed by atoms with Crippen molar-refractivity contribution < 1.29 is 0 Å². The zero-order valence-electron chi connectivity index (χ0n) is 9.14. The van der Waals surface area contributed by atoms with Gasteiger partial charge in [0, 0.05) is 16.5 Å². The van der Waals surface area contributed by atoms with E-state index < -0.39 is 0 Å². The maximum absolute atomic E-state index is 6.07. The van der Waals surface area contributed by atoms with Crippen LogP contribution in [-0.4, -0.2) is 9.97 Å². The Kier molecular flexibility index (Phi) is 4.23. The van der Waals surface area contributed by atoms with E-state index in [-0.39, 0.29) is 0 Å². The van der Waals surface area contributed by atoms with E-state index in [9.17, 15) is 0 Å². The van der Waals surface area contributed by atoms with Crippen molar-refractivity contribution in [3.05, 3.63) is 52.9 Å². The lowest BCUT2D eigenvalue weighted by atomic mass is 10.2. The van der Waals surface area contributed by atoms with Crippen molar-refractivity contribution in [3.8, 4) is 0 Å². The van der Waals surface area contributed by atoms with Crippen LogP contribution in [-0.2, 0) is 11.5 Å². The van der Waals surface area contributed by atoms with Gasteiger partial charge in [0.2, 0.25) is 0 Å².